The third kappa shape index (κ3) is 3.83. The Hall–Kier alpha value is -2.50. The zero-order valence-corrected chi connectivity index (χ0v) is 13.5. The summed E-state index contributed by atoms with van der Waals surface area (Å²) in [7, 11) is 0. The normalized spacial score (nSPS) is 15.5. The predicted molar refractivity (Wildman–Crippen MR) is 88.3 cm³/mol. The molecule has 0 bridgehead atoms. The zero-order chi connectivity index (χ0) is 16.2. The largest absolute Gasteiger partial charge is 0.324 e. The average Bonchev–Trinajstić information content (AvgIpc) is 2.56. The van der Waals surface area contributed by atoms with Crippen LogP contribution in [0.25, 0.3) is 0 Å². The number of aryl methyl sites for hydroxylation is 2. The lowest BCUT2D eigenvalue weighted by molar-refractivity contribution is 0.194. The third-order valence-corrected chi connectivity index (χ3v) is 4.20. The third-order valence-electron chi connectivity index (χ3n) is 4.20. The maximum Gasteiger partial charge on any atom is 0.323 e. The Kier molecular flexibility index (Phi) is 4.50. The molecule has 6 heteroatoms. The van der Waals surface area contributed by atoms with E-state index in [1.165, 1.54) is 5.56 Å². The highest BCUT2D eigenvalue weighted by atomic mass is 16.2. The van der Waals surface area contributed by atoms with E-state index in [1.807, 2.05) is 24.1 Å². The Labute approximate surface area is 136 Å². The second-order valence-electron chi connectivity index (χ2n) is 5.91. The first kappa shape index (κ1) is 15.4. The van der Waals surface area contributed by atoms with E-state index < -0.39 is 0 Å². The molecule has 0 unspecified atom stereocenters. The molecule has 6 nitrogen and oxygen atoms in total. The van der Waals surface area contributed by atoms with Gasteiger partial charge in [-0.25, -0.2) is 14.8 Å². The van der Waals surface area contributed by atoms with Crippen LogP contribution in [0.5, 0.6) is 0 Å². The van der Waals surface area contributed by atoms with E-state index in [-0.39, 0.29) is 6.03 Å². The number of anilines is 1. The van der Waals surface area contributed by atoms with Gasteiger partial charge >= 0.3 is 6.03 Å². The first-order chi connectivity index (χ1) is 11.1. The molecule has 2 aromatic heterocycles. The van der Waals surface area contributed by atoms with Crippen molar-refractivity contribution in [1.82, 2.24) is 19.9 Å². The minimum atomic E-state index is -0.0939. The summed E-state index contributed by atoms with van der Waals surface area (Å²) in [4.78, 5) is 26.7. The van der Waals surface area contributed by atoms with Crippen LogP contribution in [0, 0.1) is 13.8 Å². The number of nitrogens with one attached hydrogen (secondary N) is 1. The molecule has 2 amide bonds. The van der Waals surface area contributed by atoms with Crippen molar-refractivity contribution < 1.29 is 4.79 Å². The van der Waals surface area contributed by atoms with Gasteiger partial charge in [0.25, 0.3) is 0 Å². The minimum absolute atomic E-state index is 0.0939. The van der Waals surface area contributed by atoms with Crippen molar-refractivity contribution in [2.24, 2.45) is 0 Å². The molecule has 0 spiro atoms. The molecule has 1 N–H and O–H groups in total. The van der Waals surface area contributed by atoms with Gasteiger partial charge in [-0.15, -0.1) is 0 Å². The number of pyridine rings is 1. The summed E-state index contributed by atoms with van der Waals surface area (Å²) < 4.78 is 0. The van der Waals surface area contributed by atoms with Crippen LogP contribution < -0.4 is 5.32 Å². The first-order valence-corrected chi connectivity index (χ1v) is 7.90. The molecule has 23 heavy (non-hydrogen) atoms. The number of urea groups is 1. The van der Waals surface area contributed by atoms with Gasteiger partial charge in [-0.1, -0.05) is 6.07 Å². The first-order valence-electron chi connectivity index (χ1n) is 7.90. The van der Waals surface area contributed by atoms with Gasteiger partial charge in [0.1, 0.15) is 11.6 Å². The van der Waals surface area contributed by atoms with E-state index in [2.05, 4.69) is 26.3 Å². The quantitative estimate of drug-likeness (QED) is 0.925. The summed E-state index contributed by atoms with van der Waals surface area (Å²) in [5, 5.41) is 2.84. The number of piperidine rings is 1. The smallest absolute Gasteiger partial charge is 0.323 e. The van der Waals surface area contributed by atoms with Crippen molar-refractivity contribution in [2.75, 3.05) is 18.4 Å². The van der Waals surface area contributed by atoms with E-state index in [9.17, 15) is 4.79 Å². The fourth-order valence-corrected chi connectivity index (χ4v) is 2.85. The number of carbonyl (C=O) groups excluding carboxylic acids is 1. The molecule has 0 aliphatic carbocycles. The van der Waals surface area contributed by atoms with E-state index >= 15 is 0 Å². The highest BCUT2D eigenvalue weighted by Crippen LogP contribution is 2.27. The summed E-state index contributed by atoms with van der Waals surface area (Å²) in [5.74, 6) is 1.68. The minimum Gasteiger partial charge on any atom is -0.324 e. The molecular weight excluding hydrogens is 290 g/mol. The fourth-order valence-electron chi connectivity index (χ4n) is 2.85. The molecule has 1 aliphatic heterocycles. The second kappa shape index (κ2) is 6.73. The molecule has 120 valence electrons. The van der Waals surface area contributed by atoms with Crippen LogP contribution in [0.2, 0.25) is 0 Å². The Morgan fingerprint density at radius 3 is 2.61 bits per heavy atom. The maximum absolute atomic E-state index is 12.3. The van der Waals surface area contributed by atoms with Crippen molar-refractivity contribution in [3.8, 4) is 0 Å². The summed E-state index contributed by atoms with van der Waals surface area (Å²) >= 11 is 0. The molecule has 0 aromatic carbocycles. The number of amides is 2. The van der Waals surface area contributed by atoms with Crippen molar-refractivity contribution in [3.05, 3.63) is 47.7 Å². The molecule has 3 rings (SSSR count). The Morgan fingerprint density at radius 2 is 1.96 bits per heavy atom. The molecule has 2 aromatic rings. The molecule has 0 atom stereocenters. The summed E-state index contributed by atoms with van der Waals surface area (Å²) in [6, 6.07) is 5.80. The lowest BCUT2D eigenvalue weighted by Crippen LogP contribution is -2.40. The van der Waals surface area contributed by atoms with Crippen LogP contribution >= 0.6 is 0 Å². The Balaban J connectivity index is 1.56. The summed E-state index contributed by atoms with van der Waals surface area (Å²) in [5.41, 5.74) is 2.30. The van der Waals surface area contributed by atoms with Crippen LogP contribution in [0.4, 0.5) is 10.6 Å². The lowest BCUT2D eigenvalue weighted by Gasteiger charge is -2.32. The van der Waals surface area contributed by atoms with E-state index in [1.54, 1.807) is 19.2 Å². The van der Waals surface area contributed by atoms with Crippen molar-refractivity contribution in [1.29, 1.82) is 0 Å². The highest BCUT2D eigenvalue weighted by molar-refractivity contribution is 5.88. The fraction of sp³-hybridized carbons (Fsp3) is 0.412. The standard InChI is InChI=1S/C17H21N5O/c1-12-3-4-15(11-19-12)14-6-9-22(10-7-14)17(23)21-16-5-8-18-13(2)20-16/h3-5,8,11,14H,6-7,9-10H2,1-2H3,(H,18,20,21,23). The predicted octanol–water partition coefficient (Wildman–Crippen LogP) is 2.90. The Morgan fingerprint density at radius 1 is 1.17 bits per heavy atom. The number of aromatic nitrogens is 3. The van der Waals surface area contributed by atoms with Gasteiger partial charge in [0, 0.05) is 31.2 Å². The van der Waals surface area contributed by atoms with Crippen molar-refractivity contribution >= 4 is 11.8 Å². The molecule has 1 saturated heterocycles. The monoisotopic (exact) mass is 311 g/mol. The number of likely N-dealkylation sites (tertiary alicyclic amines) is 1. The lowest BCUT2D eigenvalue weighted by atomic mass is 9.90. The van der Waals surface area contributed by atoms with Crippen LogP contribution in [0.15, 0.2) is 30.6 Å². The molecule has 1 aliphatic rings. The molecule has 3 heterocycles. The van der Waals surface area contributed by atoms with Crippen LogP contribution in [-0.4, -0.2) is 39.0 Å². The van der Waals surface area contributed by atoms with E-state index in [0.29, 0.717) is 17.6 Å². The van der Waals surface area contributed by atoms with Crippen LogP contribution in [0.1, 0.15) is 35.8 Å². The molecule has 1 fully saturated rings. The van der Waals surface area contributed by atoms with Crippen molar-refractivity contribution in [3.63, 3.8) is 0 Å². The second-order valence-corrected chi connectivity index (χ2v) is 5.91. The molecule has 0 radical (unpaired) electrons. The van der Waals surface area contributed by atoms with Gasteiger partial charge in [-0.3, -0.25) is 10.3 Å². The number of nitrogens with zero attached hydrogens (tertiary/aromatic N) is 4. The topological polar surface area (TPSA) is 71.0 Å². The van der Waals surface area contributed by atoms with Gasteiger partial charge in [0.2, 0.25) is 0 Å². The number of rotatable bonds is 2. The summed E-state index contributed by atoms with van der Waals surface area (Å²) in [6.07, 6.45) is 5.52. The van der Waals surface area contributed by atoms with Crippen LogP contribution in [-0.2, 0) is 0 Å². The Bertz CT molecular complexity index is 678. The zero-order valence-electron chi connectivity index (χ0n) is 13.5. The SMILES string of the molecule is Cc1ccc(C2CCN(C(=O)Nc3ccnc(C)n3)CC2)cn1. The van der Waals surface area contributed by atoms with Gasteiger partial charge in [0.05, 0.1) is 0 Å². The number of hydrogen-bond acceptors (Lipinski definition) is 4. The summed E-state index contributed by atoms with van der Waals surface area (Å²) in [6.45, 7) is 5.28. The average molecular weight is 311 g/mol. The van der Waals surface area contributed by atoms with Gasteiger partial charge in [0.15, 0.2) is 0 Å². The van der Waals surface area contributed by atoms with Gasteiger partial charge < -0.3 is 4.90 Å². The number of carbonyl (C=O) groups is 1. The maximum atomic E-state index is 12.3. The van der Waals surface area contributed by atoms with Gasteiger partial charge in [-0.05, 0) is 50.3 Å². The number of hydrogen-bond donors (Lipinski definition) is 1. The van der Waals surface area contributed by atoms with Crippen molar-refractivity contribution in [2.45, 2.75) is 32.6 Å². The van der Waals surface area contributed by atoms with Gasteiger partial charge in [-0.2, -0.15) is 0 Å². The molecule has 0 saturated carbocycles. The molecular formula is C17H21N5O. The van der Waals surface area contributed by atoms with Crippen LogP contribution in [0.3, 0.4) is 0 Å². The van der Waals surface area contributed by atoms with E-state index in [0.717, 1.165) is 31.6 Å². The highest BCUT2D eigenvalue weighted by Gasteiger charge is 2.24. The van der Waals surface area contributed by atoms with E-state index in [4.69, 9.17) is 0 Å².